The molecule has 0 radical (unpaired) electrons. The molecule has 0 aromatic rings. The Morgan fingerprint density at radius 2 is 1.38 bits per heavy atom. The maximum Gasteiger partial charge on any atom is 0.0880 e. The van der Waals surface area contributed by atoms with Gasteiger partial charge in [0.15, 0.2) is 0 Å². The fourth-order valence-electron chi connectivity index (χ4n) is 2.40. The first-order valence-corrected chi connectivity index (χ1v) is 8.13. The Labute approximate surface area is 128 Å². The minimum Gasteiger partial charge on any atom is -0.394 e. The van der Waals surface area contributed by atoms with Crippen molar-refractivity contribution in [2.24, 2.45) is 0 Å². The molecule has 0 aromatic carbocycles. The molecule has 0 spiro atoms. The van der Waals surface area contributed by atoms with E-state index < -0.39 is 5.60 Å². The molecule has 0 aromatic heterocycles. The van der Waals surface area contributed by atoms with Gasteiger partial charge in [-0.3, -0.25) is 0 Å². The number of hydrogen-bond donors (Lipinski definition) is 2. The van der Waals surface area contributed by atoms with E-state index in [4.69, 9.17) is 19.3 Å². The zero-order valence-electron chi connectivity index (χ0n) is 13.7. The highest BCUT2D eigenvalue weighted by atomic mass is 16.6. The smallest absolute Gasteiger partial charge is 0.0880 e. The lowest BCUT2D eigenvalue weighted by Gasteiger charge is -2.32. The average molecular weight is 304 g/mol. The van der Waals surface area contributed by atoms with Crippen molar-refractivity contribution >= 4 is 0 Å². The lowest BCUT2D eigenvalue weighted by Crippen LogP contribution is -2.38. The molecule has 1 aliphatic carbocycles. The third kappa shape index (κ3) is 8.12. The van der Waals surface area contributed by atoms with E-state index in [2.05, 4.69) is 0 Å². The van der Waals surface area contributed by atoms with Gasteiger partial charge in [0.1, 0.15) is 0 Å². The Hall–Kier alpha value is -0.200. The van der Waals surface area contributed by atoms with Crippen molar-refractivity contribution in [3.8, 4) is 0 Å². The molecule has 21 heavy (non-hydrogen) atoms. The number of rotatable bonds is 10. The van der Waals surface area contributed by atoms with Crippen molar-refractivity contribution in [1.82, 2.24) is 0 Å². The molecule has 126 valence electrons. The van der Waals surface area contributed by atoms with E-state index in [-0.39, 0.29) is 24.9 Å². The zero-order valence-corrected chi connectivity index (χ0v) is 13.7. The molecule has 5 nitrogen and oxygen atoms in total. The fraction of sp³-hybridized carbons (Fsp3) is 1.00. The van der Waals surface area contributed by atoms with Crippen LogP contribution in [-0.2, 0) is 14.2 Å². The van der Waals surface area contributed by atoms with E-state index >= 15 is 0 Å². The van der Waals surface area contributed by atoms with Gasteiger partial charge in [-0.1, -0.05) is 19.3 Å². The van der Waals surface area contributed by atoms with Gasteiger partial charge < -0.3 is 24.4 Å². The van der Waals surface area contributed by atoms with E-state index in [9.17, 15) is 5.11 Å². The van der Waals surface area contributed by atoms with Crippen LogP contribution in [0.2, 0.25) is 0 Å². The first-order valence-electron chi connectivity index (χ1n) is 8.13. The maximum absolute atomic E-state index is 10.4. The van der Waals surface area contributed by atoms with Crippen LogP contribution in [-0.4, -0.2) is 60.6 Å². The van der Waals surface area contributed by atoms with Crippen LogP contribution >= 0.6 is 0 Å². The van der Waals surface area contributed by atoms with Crippen molar-refractivity contribution in [1.29, 1.82) is 0 Å². The number of aliphatic hydroxyl groups is 2. The molecule has 0 heterocycles. The Bertz CT molecular complexity index is 265. The van der Waals surface area contributed by atoms with Gasteiger partial charge in [-0.2, -0.15) is 0 Å². The Balaban J connectivity index is 2.11. The van der Waals surface area contributed by atoms with Gasteiger partial charge in [0, 0.05) is 0 Å². The molecule has 1 rings (SSSR count). The summed E-state index contributed by atoms with van der Waals surface area (Å²) in [5.41, 5.74) is -0.641. The molecule has 1 fully saturated rings. The van der Waals surface area contributed by atoms with Crippen LogP contribution in [0.1, 0.15) is 52.9 Å². The molecule has 5 heteroatoms. The second-order valence-corrected chi connectivity index (χ2v) is 6.38. The summed E-state index contributed by atoms with van der Waals surface area (Å²) < 4.78 is 16.8. The summed E-state index contributed by atoms with van der Waals surface area (Å²) >= 11 is 0. The van der Waals surface area contributed by atoms with Gasteiger partial charge in [-0.05, 0) is 33.6 Å². The third-order valence-corrected chi connectivity index (χ3v) is 3.91. The average Bonchev–Trinajstić information content (AvgIpc) is 2.49. The summed E-state index contributed by atoms with van der Waals surface area (Å²) in [5.74, 6) is 0. The lowest BCUT2D eigenvalue weighted by atomic mass is 9.85. The molecule has 3 unspecified atom stereocenters. The molecule has 2 N–H and O–H groups in total. The predicted molar refractivity (Wildman–Crippen MR) is 81.4 cm³/mol. The van der Waals surface area contributed by atoms with Crippen molar-refractivity contribution in [2.45, 2.75) is 76.8 Å². The Morgan fingerprint density at radius 1 is 0.857 bits per heavy atom. The highest BCUT2D eigenvalue weighted by molar-refractivity contribution is 4.82. The first kappa shape index (κ1) is 18.8. The van der Waals surface area contributed by atoms with E-state index in [1.807, 2.05) is 20.8 Å². The molecule has 0 bridgehead atoms. The zero-order chi connectivity index (χ0) is 15.7. The van der Waals surface area contributed by atoms with Gasteiger partial charge >= 0.3 is 0 Å². The number of aliphatic hydroxyl groups excluding tert-OH is 1. The summed E-state index contributed by atoms with van der Waals surface area (Å²) in [6.45, 7) is 7.06. The van der Waals surface area contributed by atoms with E-state index in [0.29, 0.717) is 19.8 Å². The SMILES string of the molecule is CC(CO)OCC(C)OCC(C)OCC1(O)CCCCC1. The lowest BCUT2D eigenvalue weighted by molar-refractivity contribution is -0.115. The monoisotopic (exact) mass is 304 g/mol. The molecule has 0 saturated heterocycles. The van der Waals surface area contributed by atoms with Crippen LogP contribution in [0.3, 0.4) is 0 Å². The highest BCUT2D eigenvalue weighted by Crippen LogP contribution is 2.28. The van der Waals surface area contributed by atoms with Crippen LogP contribution in [0.25, 0.3) is 0 Å². The van der Waals surface area contributed by atoms with Crippen LogP contribution < -0.4 is 0 Å². The van der Waals surface area contributed by atoms with Crippen LogP contribution in [0.5, 0.6) is 0 Å². The molecule has 1 saturated carbocycles. The van der Waals surface area contributed by atoms with Gasteiger partial charge in [-0.25, -0.2) is 0 Å². The third-order valence-electron chi connectivity index (χ3n) is 3.91. The minimum atomic E-state index is -0.641. The van der Waals surface area contributed by atoms with Crippen LogP contribution in [0, 0.1) is 0 Å². The summed E-state index contributed by atoms with van der Waals surface area (Å²) in [7, 11) is 0. The summed E-state index contributed by atoms with van der Waals surface area (Å²) in [6.07, 6.45) is 4.81. The summed E-state index contributed by atoms with van der Waals surface area (Å²) in [6, 6.07) is 0. The summed E-state index contributed by atoms with van der Waals surface area (Å²) in [4.78, 5) is 0. The largest absolute Gasteiger partial charge is 0.394 e. The van der Waals surface area contributed by atoms with Crippen molar-refractivity contribution in [2.75, 3.05) is 26.4 Å². The van der Waals surface area contributed by atoms with Gasteiger partial charge in [0.2, 0.25) is 0 Å². The van der Waals surface area contributed by atoms with Gasteiger partial charge in [0.05, 0.1) is 50.3 Å². The fourth-order valence-corrected chi connectivity index (χ4v) is 2.40. The van der Waals surface area contributed by atoms with Crippen molar-refractivity contribution < 1.29 is 24.4 Å². The maximum atomic E-state index is 10.4. The van der Waals surface area contributed by atoms with E-state index in [1.54, 1.807) is 0 Å². The van der Waals surface area contributed by atoms with Crippen LogP contribution in [0.4, 0.5) is 0 Å². The number of ether oxygens (including phenoxy) is 3. The quantitative estimate of drug-likeness (QED) is 0.645. The van der Waals surface area contributed by atoms with E-state index in [0.717, 1.165) is 25.7 Å². The van der Waals surface area contributed by atoms with E-state index in [1.165, 1.54) is 6.42 Å². The molecular weight excluding hydrogens is 272 g/mol. The van der Waals surface area contributed by atoms with Gasteiger partial charge in [0.25, 0.3) is 0 Å². The molecule has 0 aliphatic heterocycles. The summed E-state index contributed by atoms with van der Waals surface area (Å²) in [5, 5.41) is 19.2. The van der Waals surface area contributed by atoms with Crippen molar-refractivity contribution in [3.63, 3.8) is 0 Å². The van der Waals surface area contributed by atoms with Crippen molar-refractivity contribution in [3.05, 3.63) is 0 Å². The second kappa shape index (κ2) is 9.74. The minimum absolute atomic E-state index is 0.0187. The molecule has 3 atom stereocenters. The molecule has 0 amide bonds. The Morgan fingerprint density at radius 3 is 1.95 bits per heavy atom. The van der Waals surface area contributed by atoms with Crippen LogP contribution in [0.15, 0.2) is 0 Å². The molecular formula is C16H32O5. The Kier molecular flexibility index (Phi) is 8.74. The predicted octanol–water partition coefficient (Wildman–Crippen LogP) is 1.89. The number of hydrogen-bond acceptors (Lipinski definition) is 5. The second-order valence-electron chi connectivity index (χ2n) is 6.38. The van der Waals surface area contributed by atoms with Gasteiger partial charge in [-0.15, -0.1) is 0 Å². The topological polar surface area (TPSA) is 68.2 Å². The highest BCUT2D eigenvalue weighted by Gasteiger charge is 2.30. The first-order chi connectivity index (χ1) is 9.95. The molecule has 1 aliphatic rings. The normalized spacial score (nSPS) is 22.7. The standard InChI is InChI=1S/C16H32O5/c1-13(9-17)19-10-14(2)20-11-15(3)21-12-16(18)7-5-4-6-8-16/h13-15,17-18H,4-12H2,1-3H3.